The third-order valence-electron chi connectivity index (χ3n) is 4.14. The van der Waals surface area contributed by atoms with Gasteiger partial charge in [-0.05, 0) is 52.6 Å². The minimum Gasteiger partial charge on any atom is -0.349 e. The van der Waals surface area contributed by atoms with Crippen molar-refractivity contribution in [1.82, 2.24) is 20.4 Å². The number of aryl methyl sites for hydroxylation is 2. The molecular weight excluding hydrogens is 240 g/mol. The van der Waals surface area contributed by atoms with Crippen LogP contribution in [0, 0.1) is 19.8 Å². The number of hydrogen-bond donors (Lipinski definition) is 2. The third-order valence-corrected chi connectivity index (χ3v) is 4.14. The van der Waals surface area contributed by atoms with E-state index in [0.717, 1.165) is 30.0 Å². The molecule has 0 spiro atoms. The Hall–Kier alpha value is -1.36. The number of aromatic nitrogens is 2. The molecule has 1 aromatic heterocycles. The molecule has 0 aromatic carbocycles. The molecule has 5 nitrogen and oxygen atoms in total. The highest BCUT2D eigenvalue weighted by Crippen LogP contribution is 2.16. The van der Waals surface area contributed by atoms with E-state index >= 15 is 0 Å². The van der Waals surface area contributed by atoms with E-state index in [1.807, 2.05) is 20.9 Å². The maximum absolute atomic E-state index is 12.4. The van der Waals surface area contributed by atoms with Gasteiger partial charge in [-0.3, -0.25) is 9.48 Å². The van der Waals surface area contributed by atoms with Gasteiger partial charge in [-0.2, -0.15) is 5.10 Å². The van der Waals surface area contributed by atoms with Crippen LogP contribution in [0.2, 0.25) is 0 Å². The fourth-order valence-corrected chi connectivity index (χ4v) is 2.80. The van der Waals surface area contributed by atoms with Crippen LogP contribution < -0.4 is 10.6 Å². The topological polar surface area (TPSA) is 59.0 Å². The summed E-state index contributed by atoms with van der Waals surface area (Å²) < 4.78 is 1.76. The molecule has 1 aromatic rings. The van der Waals surface area contributed by atoms with E-state index in [2.05, 4.69) is 22.7 Å². The van der Waals surface area contributed by atoms with Crippen molar-refractivity contribution in [2.24, 2.45) is 13.0 Å². The standard InChI is InChI=1S/C14H24N4O/c1-9(12-6-5-7-15-8-12)16-14(19)13-10(2)17-18(4)11(13)3/h9,12,15H,5-8H2,1-4H3,(H,16,19). The molecule has 106 valence electrons. The van der Waals surface area contributed by atoms with E-state index in [4.69, 9.17) is 0 Å². The monoisotopic (exact) mass is 264 g/mol. The Kier molecular flexibility index (Phi) is 4.24. The van der Waals surface area contributed by atoms with Gasteiger partial charge in [-0.1, -0.05) is 0 Å². The van der Waals surface area contributed by atoms with Crippen molar-refractivity contribution in [3.05, 3.63) is 17.0 Å². The second-order valence-corrected chi connectivity index (χ2v) is 5.54. The molecule has 0 radical (unpaired) electrons. The number of piperidine rings is 1. The van der Waals surface area contributed by atoms with Gasteiger partial charge in [0.1, 0.15) is 0 Å². The van der Waals surface area contributed by atoms with Crippen molar-refractivity contribution in [1.29, 1.82) is 0 Å². The van der Waals surface area contributed by atoms with Gasteiger partial charge in [-0.25, -0.2) is 0 Å². The van der Waals surface area contributed by atoms with E-state index in [1.54, 1.807) is 4.68 Å². The lowest BCUT2D eigenvalue weighted by molar-refractivity contribution is 0.0920. The Balaban J connectivity index is 2.04. The van der Waals surface area contributed by atoms with Crippen molar-refractivity contribution in [3.63, 3.8) is 0 Å². The zero-order valence-corrected chi connectivity index (χ0v) is 12.3. The van der Waals surface area contributed by atoms with Crippen LogP contribution in [-0.4, -0.2) is 34.8 Å². The lowest BCUT2D eigenvalue weighted by atomic mass is 9.92. The Bertz CT molecular complexity index is 460. The van der Waals surface area contributed by atoms with Crippen LogP contribution in [0.3, 0.4) is 0 Å². The third kappa shape index (κ3) is 2.97. The Morgan fingerprint density at radius 1 is 1.53 bits per heavy atom. The SMILES string of the molecule is Cc1nn(C)c(C)c1C(=O)NC(C)C1CCCNC1. The lowest BCUT2D eigenvalue weighted by Gasteiger charge is -2.29. The molecule has 0 bridgehead atoms. The second kappa shape index (κ2) is 5.74. The summed E-state index contributed by atoms with van der Waals surface area (Å²) in [6.45, 7) is 8.00. The quantitative estimate of drug-likeness (QED) is 0.861. The van der Waals surface area contributed by atoms with Crippen LogP contribution in [0.25, 0.3) is 0 Å². The van der Waals surface area contributed by atoms with Gasteiger partial charge in [0.25, 0.3) is 5.91 Å². The molecule has 1 aliphatic heterocycles. The summed E-state index contributed by atoms with van der Waals surface area (Å²) in [4.78, 5) is 12.4. The molecule has 1 amide bonds. The van der Waals surface area contributed by atoms with Gasteiger partial charge in [0.15, 0.2) is 0 Å². The fourth-order valence-electron chi connectivity index (χ4n) is 2.80. The molecule has 0 saturated carbocycles. The number of nitrogens with one attached hydrogen (secondary N) is 2. The van der Waals surface area contributed by atoms with Crippen LogP contribution in [0.5, 0.6) is 0 Å². The van der Waals surface area contributed by atoms with Crippen LogP contribution in [0.15, 0.2) is 0 Å². The molecule has 2 unspecified atom stereocenters. The molecular formula is C14H24N4O. The van der Waals surface area contributed by atoms with Crippen molar-refractivity contribution >= 4 is 5.91 Å². The summed E-state index contributed by atoms with van der Waals surface area (Å²) in [5.41, 5.74) is 2.44. The van der Waals surface area contributed by atoms with E-state index in [9.17, 15) is 4.79 Å². The van der Waals surface area contributed by atoms with Gasteiger partial charge in [0.05, 0.1) is 11.3 Å². The molecule has 0 aliphatic carbocycles. The Morgan fingerprint density at radius 2 is 2.26 bits per heavy atom. The predicted octanol–water partition coefficient (Wildman–Crippen LogP) is 1.15. The molecule has 2 N–H and O–H groups in total. The van der Waals surface area contributed by atoms with Crippen molar-refractivity contribution in [3.8, 4) is 0 Å². The number of amides is 1. The van der Waals surface area contributed by atoms with Gasteiger partial charge in [-0.15, -0.1) is 0 Å². The molecule has 1 fully saturated rings. The highest BCUT2D eigenvalue weighted by Gasteiger charge is 2.24. The summed E-state index contributed by atoms with van der Waals surface area (Å²) in [6, 6.07) is 0.194. The first-order valence-corrected chi connectivity index (χ1v) is 7.02. The summed E-state index contributed by atoms with van der Waals surface area (Å²) in [5, 5.41) is 10.8. The van der Waals surface area contributed by atoms with Crippen LogP contribution in [0.4, 0.5) is 0 Å². The van der Waals surface area contributed by atoms with Gasteiger partial charge in [0, 0.05) is 18.8 Å². The van der Waals surface area contributed by atoms with E-state index in [1.165, 1.54) is 12.8 Å². The summed E-state index contributed by atoms with van der Waals surface area (Å²) in [5.74, 6) is 0.524. The first kappa shape index (κ1) is 14.1. The van der Waals surface area contributed by atoms with Crippen molar-refractivity contribution < 1.29 is 4.79 Å². The average Bonchev–Trinajstić information content (AvgIpc) is 2.64. The minimum atomic E-state index is 0.00109. The molecule has 1 saturated heterocycles. The summed E-state index contributed by atoms with van der Waals surface area (Å²) in [7, 11) is 1.87. The zero-order chi connectivity index (χ0) is 14.0. The van der Waals surface area contributed by atoms with Crippen LogP contribution >= 0.6 is 0 Å². The molecule has 19 heavy (non-hydrogen) atoms. The zero-order valence-electron chi connectivity index (χ0n) is 12.3. The van der Waals surface area contributed by atoms with E-state index < -0.39 is 0 Å². The molecule has 2 atom stereocenters. The molecule has 2 heterocycles. The number of rotatable bonds is 3. The number of nitrogens with zero attached hydrogens (tertiary/aromatic N) is 2. The van der Waals surface area contributed by atoms with E-state index in [-0.39, 0.29) is 11.9 Å². The first-order valence-electron chi connectivity index (χ1n) is 7.02. The summed E-state index contributed by atoms with van der Waals surface area (Å²) in [6.07, 6.45) is 2.37. The average molecular weight is 264 g/mol. The second-order valence-electron chi connectivity index (χ2n) is 5.54. The number of hydrogen-bond acceptors (Lipinski definition) is 3. The van der Waals surface area contributed by atoms with Gasteiger partial charge in [0.2, 0.25) is 0 Å². The minimum absolute atomic E-state index is 0.00109. The van der Waals surface area contributed by atoms with Crippen molar-refractivity contribution in [2.75, 3.05) is 13.1 Å². The molecule has 1 aliphatic rings. The number of carbonyl (C=O) groups is 1. The fraction of sp³-hybridized carbons (Fsp3) is 0.714. The Labute approximate surface area is 114 Å². The van der Waals surface area contributed by atoms with E-state index in [0.29, 0.717) is 5.92 Å². The lowest BCUT2D eigenvalue weighted by Crippen LogP contribution is -2.44. The predicted molar refractivity (Wildman–Crippen MR) is 75.2 cm³/mol. The maximum Gasteiger partial charge on any atom is 0.255 e. The Morgan fingerprint density at radius 3 is 2.79 bits per heavy atom. The normalized spacial score (nSPS) is 21.2. The van der Waals surface area contributed by atoms with Crippen LogP contribution in [-0.2, 0) is 7.05 Å². The van der Waals surface area contributed by atoms with Gasteiger partial charge < -0.3 is 10.6 Å². The van der Waals surface area contributed by atoms with Crippen molar-refractivity contribution in [2.45, 2.75) is 39.7 Å². The maximum atomic E-state index is 12.4. The van der Waals surface area contributed by atoms with Gasteiger partial charge >= 0.3 is 0 Å². The first-order chi connectivity index (χ1) is 9.00. The van der Waals surface area contributed by atoms with Crippen LogP contribution in [0.1, 0.15) is 41.5 Å². The summed E-state index contributed by atoms with van der Waals surface area (Å²) >= 11 is 0. The number of carbonyl (C=O) groups excluding carboxylic acids is 1. The molecule has 5 heteroatoms. The molecule has 2 rings (SSSR count). The largest absolute Gasteiger partial charge is 0.349 e. The highest BCUT2D eigenvalue weighted by molar-refractivity contribution is 5.96. The smallest absolute Gasteiger partial charge is 0.255 e. The highest BCUT2D eigenvalue weighted by atomic mass is 16.1.